The van der Waals surface area contributed by atoms with Crippen molar-refractivity contribution in [2.24, 2.45) is 0 Å². The third-order valence-corrected chi connectivity index (χ3v) is 7.71. The second-order valence-corrected chi connectivity index (χ2v) is 9.74. The zero-order chi connectivity index (χ0) is 15.8. The predicted octanol–water partition coefficient (Wildman–Crippen LogP) is 1.43. The first-order valence-electron chi connectivity index (χ1n) is 6.09. The number of halogens is 2. The third kappa shape index (κ3) is 3.62. The van der Waals surface area contributed by atoms with Gasteiger partial charge in [0, 0.05) is 11.6 Å². The summed E-state index contributed by atoms with van der Waals surface area (Å²) < 4.78 is 50.1. The Bertz CT molecular complexity index is 739. The van der Waals surface area contributed by atoms with Gasteiger partial charge in [0.25, 0.3) is 0 Å². The Hall–Kier alpha value is -0.540. The van der Waals surface area contributed by atoms with Gasteiger partial charge >= 0.3 is 0 Å². The van der Waals surface area contributed by atoms with E-state index in [1.807, 2.05) is 0 Å². The maximum atomic E-state index is 12.2. The fraction of sp³-hybridized carbons (Fsp3) is 0.455. The Balaban J connectivity index is 2.24. The van der Waals surface area contributed by atoms with Gasteiger partial charge in [0.2, 0.25) is 10.0 Å². The summed E-state index contributed by atoms with van der Waals surface area (Å²) in [5, 5.41) is -0.601. The maximum Gasteiger partial charge on any atom is 0.244 e. The number of sulfone groups is 1. The first-order valence-corrected chi connectivity index (χ1v) is 10.0. The van der Waals surface area contributed by atoms with Crippen molar-refractivity contribution >= 4 is 48.7 Å². The van der Waals surface area contributed by atoms with Crippen LogP contribution in [0, 0.1) is 0 Å². The molecular weight excluding hydrogens is 359 g/mol. The summed E-state index contributed by atoms with van der Waals surface area (Å²) in [6.07, 6.45) is 0.979. The first-order chi connectivity index (χ1) is 9.63. The lowest BCUT2D eigenvalue weighted by molar-refractivity contribution is 0.571. The average Bonchev–Trinajstić information content (AvgIpc) is 2.64. The lowest BCUT2D eigenvalue weighted by Gasteiger charge is -2.14. The highest BCUT2D eigenvalue weighted by atomic mass is 35.5. The standard InChI is InChI=1S/C11H14Cl2N2O4S2/c12-7-4-9(13)11(10(14)5-7)21(18,19)15-6-8-2-1-3-20(8,16)17/h4-5,8,15H,1-3,6,14H2. The number of nitrogens with one attached hydrogen (secondary N) is 1. The van der Waals surface area contributed by atoms with Crippen LogP contribution in [0.5, 0.6) is 0 Å². The molecule has 21 heavy (non-hydrogen) atoms. The van der Waals surface area contributed by atoms with Gasteiger partial charge in [-0.05, 0) is 25.0 Å². The van der Waals surface area contributed by atoms with Gasteiger partial charge in [0.05, 0.1) is 21.7 Å². The molecule has 1 aromatic carbocycles. The molecule has 3 N–H and O–H groups in total. The molecule has 2 rings (SSSR count). The molecule has 6 nitrogen and oxygen atoms in total. The lowest BCUT2D eigenvalue weighted by Crippen LogP contribution is -2.35. The van der Waals surface area contributed by atoms with Crippen LogP contribution in [0.4, 0.5) is 5.69 Å². The molecule has 1 aliphatic rings. The molecule has 0 saturated carbocycles. The Morgan fingerprint density at radius 2 is 2.00 bits per heavy atom. The van der Waals surface area contributed by atoms with Crippen molar-refractivity contribution in [3.05, 3.63) is 22.2 Å². The molecule has 1 aliphatic heterocycles. The number of hydrogen-bond donors (Lipinski definition) is 2. The summed E-state index contributed by atoms with van der Waals surface area (Å²) in [5.74, 6) is 0.0865. The molecule has 0 spiro atoms. The lowest BCUT2D eigenvalue weighted by atomic mass is 10.2. The largest absolute Gasteiger partial charge is 0.398 e. The van der Waals surface area contributed by atoms with Crippen molar-refractivity contribution in [1.29, 1.82) is 0 Å². The average molecular weight is 373 g/mol. The molecule has 0 bridgehead atoms. The van der Waals surface area contributed by atoms with Gasteiger partial charge in [-0.15, -0.1) is 0 Å². The molecule has 0 radical (unpaired) electrons. The number of sulfonamides is 1. The van der Waals surface area contributed by atoms with Crippen molar-refractivity contribution in [2.45, 2.75) is 23.0 Å². The smallest absolute Gasteiger partial charge is 0.244 e. The van der Waals surface area contributed by atoms with E-state index < -0.39 is 25.1 Å². The number of rotatable bonds is 4. The summed E-state index contributed by atoms with van der Waals surface area (Å²) in [6, 6.07) is 2.54. The predicted molar refractivity (Wildman–Crippen MR) is 82.9 cm³/mol. The second kappa shape index (κ2) is 5.92. The molecular formula is C11H14Cl2N2O4S2. The fourth-order valence-electron chi connectivity index (χ4n) is 2.23. The first kappa shape index (κ1) is 16.8. The van der Waals surface area contributed by atoms with E-state index in [1.165, 1.54) is 12.1 Å². The highest BCUT2D eigenvalue weighted by Crippen LogP contribution is 2.31. The van der Waals surface area contributed by atoms with Crippen LogP contribution >= 0.6 is 23.2 Å². The van der Waals surface area contributed by atoms with Gasteiger partial charge in [-0.3, -0.25) is 0 Å². The molecule has 10 heteroatoms. The number of nitrogen functional groups attached to an aromatic ring is 1. The minimum Gasteiger partial charge on any atom is -0.398 e. The van der Waals surface area contributed by atoms with Gasteiger partial charge in [-0.2, -0.15) is 0 Å². The van der Waals surface area contributed by atoms with Crippen molar-refractivity contribution in [3.8, 4) is 0 Å². The maximum absolute atomic E-state index is 12.2. The van der Waals surface area contributed by atoms with Crippen LogP contribution in [0.3, 0.4) is 0 Å². The molecule has 1 unspecified atom stereocenters. The van der Waals surface area contributed by atoms with Crippen molar-refractivity contribution in [1.82, 2.24) is 4.72 Å². The third-order valence-electron chi connectivity index (χ3n) is 3.27. The molecule has 1 aromatic rings. The van der Waals surface area contributed by atoms with E-state index in [0.717, 1.165) is 0 Å². The number of nitrogens with two attached hydrogens (primary N) is 1. The SMILES string of the molecule is Nc1cc(Cl)cc(Cl)c1S(=O)(=O)NCC1CCCS1(=O)=O. The van der Waals surface area contributed by atoms with Crippen LogP contribution in [-0.2, 0) is 19.9 Å². The zero-order valence-corrected chi connectivity index (χ0v) is 14.0. The summed E-state index contributed by atoms with van der Waals surface area (Å²) >= 11 is 11.6. The monoisotopic (exact) mass is 372 g/mol. The summed E-state index contributed by atoms with van der Waals surface area (Å²) in [5.41, 5.74) is 5.55. The van der Waals surface area contributed by atoms with Crippen LogP contribution in [-0.4, -0.2) is 34.4 Å². The highest BCUT2D eigenvalue weighted by Gasteiger charge is 2.33. The number of hydrogen-bond acceptors (Lipinski definition) is 5. The van der Waals surface area contributed by atoms with Crippen molar-refractivity contribution in [2.75, 3.05) is 18.0 Å². The number of anilines is 1. The normalized spacial score (nSPS) is 21.5. The zero-order valence-electron chi connectivity index (χ0n) is 10.8. The van der Waals surface area contributed by atoms with Gasteiger partial charge in [0.1, 0.15) is 4.90 Å². The molecule has 1 saturated heterocycles. The topological polar surface area (TPSA) is 106 Å². The van der Waals surface area contributed by atoms with Crippen LogP contribution in [0.25, 0.3) is 0 Å². The fourth-order valence-corrected chi connectivity index (χ4v) is 6.16. The van der Waals surface area contributed by atoms with Gasteiger partial charge in [0.15, 0.2) is 9.84 Å². The Kier molecular flexibility index (Phi) is 4.75. The van der Waals surface area contributed by atoms with E-state index in [2.05, 4.69) is 4.72 Å². The second-order valence-electron chi connectivity index (χ2n) is 4.79. The van der Waals surface area contributed by atoms with E-state index in [0.29, 0.717) is 12.8 Å². The highest BCUT2D eigenvalue weighted by molar-refractivity contribution is 7.92. The van der Waals surface area contributed by atoms with Crippen LogP contribution in [0.2, 0.25) is 10.0 Å². The van der Waals surface area contributed by atoms with Gasteiger partial charge in [-0.25, -0.2) is 21.6 Å². The molecule has 1 heterocycles. The molecule has 118 valence electrons. The van der Waals surface area contributed by atoms with Crippen LogP contribution in [0.1, 0.15) is 12.8 Å². The van der Waals surface area contributed by atoms with Crippen molar-refractivity contribution < 1.29 is 16.8 Å². The van der Waals surface area contributed by atoms with E-state index in [-0.39, 0.29) is 32.9 Å². The van der Waals surface area contributed by atoms with Crippen LogP contribution < -0.4 is 10.5 Å². The van der Waals surface area contributed by atoms with E-state index in [4.69, 9.17) is 28.9 Å². The quantitative estimate of drug-likeness (QED) is 0.777. The minimum absolute atomic E-state index is 0.0865. The minimum atomic E-state index is -4.01. The summed E-state index contributed by atoms with van der Waals surface area (Å²) in [7, 11) is -7.24. The Labute approximate surface area is 133 Å². The van der Waals surface area contributed by atoms with E-state index in [1.54, 1.807) is 0 Å². The van der Waals surface area contributed by atoms with Gasteiger partial charge < -0.3 is 5.73 Å². The summed E-state index contributed by atoms with van der Waals surface area (Å²) in [6.45, 7) is -0.191. The Morgan fingerprint density at radius 3 is 2.52 bits per heavy atom. The summed E-state index contributed by atoms with van der Waals surface area (Å²) in [4.78, 5) is -0.288. The molecule has 1 fully saturated rings. The molecule has 0 aliphatic carbocycles. The number of benzene rings is 1. The van der Waals surface area contributed by atoms with Crippen molar-refractivity contribution in [3.63, 3.8) is 0 Å². The van der Waals surface area contributed by atoms with E-state index in [9.17, 15) is 16.8 Å². The molecule has 0 aromatic heterocycles. The van der Waals surface area contributed by atoms with Crippen LogP contribution in [0.15, 0.2) is 17.0 Å². The molecule has 1 atom stereocenters. The Morgan fingerprint density at radius 1 is 1.33 bits per heavy atom. The van der Waals surface area contributed by atoms with E-state index >= 15 is 0 Å². The van der Waals surface area contributed by atoms with Gasteiger partial charge in [-0.1, -0.05) is 23.2 Å². The molecule has 0 amide bonds.